The lowest BCUT2D eigenvalue weighted by molar-refractivity contribution is -0.142. The third-order valence-corrected chi connectivity index (χ3v) is 9.11. The van der Waals surface area contributed by atoms with Gasteiger partial charge in [-0.3, -0.25) is 9.59 Å². The van der Waals surface area contributed by atoms with Gasteiger partial charge in [0.15, 0.2) is 0 Å². The van der Waals surface area contributed by atoms with Gasteiger partial charge in [0.2, 0.25) is 11.8 Å². The van der Waals surface area contributed by atoms with Crippen LogP contribution in [0, 0.1) is 11.8 Å². The number of amides is 3. The summed E-state index contributed by atoms with van der Waals surface area (Å²) in [4.78, 5) is 59.4. The lowest BCUT2D eigenvalue weighted by Gasteiger charge is -2.35. The van der Waals surface area contributed by atoms with E-state index < -0.39 is 23.7 Å². The average molecular weight is 631 g/mol. The molecule has 2 aliphatic rings. The number of H-pyrrole nitrogens is 1. The van der Waals surface area contributed by atoms with Gasteiger partial charge in [-0.2, -0.15) is 0 Å². The van der Waals surface area contributed by atoms with Crippen molar-refractivity contribution in [2.75, 3.05) is 31.6 Å². The fourth-order valence-corrected chi connectivity index (χ4v) is 6.76. The first kappa shape index (κ1) is 33.0. The van der Waals surface area contributed by atoms with Gasteiger partial charge in [-0.1, -0.05) is 30.3 Å². The van der Waals surface area contributed by atoms with Crippen LogP contribution < -0.4 is 10.2 Å². The van der Waals surface area contributed by atoms with Crippen molar-refractivity contribution in [2.24, 2.45) is 11.8 Å². The Kier molecular flexibility index (Phi) is 10.0. The number of aromatic amines is 1. The number of carbonyl (C=O) groups excluding carboxylic acids is 4. The Morgan fingerprint density at radius 3 is 2.37 bits per heavy atom. The topological polar surface area (TPSA) is 121 Å². The number of likely N-dealkylation sites (tertiary alicyclic amines) is 1. The minimum absolute atomic E-state index is 0.0314. The molecule has 5 rings (SSSR count). The number of nitrogens with one attached hydrogen (secondary N) is 2. The number of hydrogen-bond acceptors (Lipinski definition) is 6. The SMILES string of the molecule is CCOC(=O)c1cc2cc(N(C)C(=O)C3C(c4ccccc4)CCN3C(=O)C3CCC(CNC(=O)OC(C)(C)C)CC3)ccc2[nH]1. The molecule has 1 aliphatic heterocycles. The molecule has 2 N–H and O–H groups in total. The zero-order chi connectivity index (χ0) is 33.0. The van der Waals surface area contributed by atoms with Crippen molar-refractivity contribution < 1.29 is 28.7 Å². The van der Waals surface area contributed by atoms with E-state index in [4.69, 9.17) is 9.47 Å². The molecule has 10 nitrogen and oxygen atoms in total. The number of ether oxygens (including phenoxy) is 2. The number of likely N-dealkylation sites (N-methyl/N-ethyl adjacent to an activating group) is 1. The van der Waals surface area contributed by atoms with E-state index in [1.54, 1.807) is 24.9 Å². The van der Waals surface area contributed by atoms with E-state index in [0.29, 0.717) is 30.9 Å². The third-order valence-electron chi connectivity index (χ3n) is 9.11. The summed E-state index contributed by atoms with van der Waals surface area (Å²) in [6.45, 7) is 8.59. The van der Waals surface area contributed by atoms with Gasteiger partial charge in [-0.15, -0.1) is 0 Å². The van der Waals surface area contributed by atoms with Crippen LogP contribution in [0.4, 0.5) is 10.5 Å². The van der Waals surface area contributed by atoms with Crippen molar-refractivity contribution in [3.05, 3.63) is 65.9 Å². The fourth-order valence-electron chi connectivity index (χ4n) is 6.76. The maximum Gasteiger partial charge on any atom is 0.407 e. The number of anilines is 1. The summed E-state index contributed by atoms with van der Waals surface area (Å²) < 4.78 is 10.5. The van der Waals surface area contributed by atoms with E-state index in [-0.39, 0.29) is 36.2 Å². The molecule has 0 bridgehead atoms. The molecule has 2 aromatic carbocycles. The number of carbonyl (C=O) groups is 4. The number of rotatable bonds is 8. The largest absolute Gasteiger partial charge is 0.461 e. The normalized spacial score (nSPS) is 21.5. The van der Waals surface area contributed by atoms with Crippen LogP contribution in [0.5, 0.6) is 0 Å². The highest BCUT2D eigenvalue weighted by molar-refractivity contribution is 6.02. The third kappa shape index (κ3) is 7.54. The van der Waals surface area contributed by atoms with Crippen LogP contribution in [0.2, 0.25) is 0 Å². The molecule has 3 aromatic rings. The summed E-state index contributed by atoms with van der Waals surface area (Å²) in [6, 6.07) is 16.6. The van der Waals surface area contributed by atoms with Crippen LogP contribution in [0.15, 0.2) is 54.6 Å². The van der Waals surface area contributed by atoms with Crippen molar-refractivity contribution in [3.8, 4) is 0 Å². The first-order valence-corrected chi connectivity index (χ1v) is 16.3. The second-order valence-electron chi connectivity index (χ2n) is 13.5. The van der Waals surface area contributed by atoms with Gasteiger partial charge >= 0.3 is 12.1 Å². The summed E-state index contributed by atoms with van der Waals surface area (Å²) >= 11 is 0. The second-order valence-corrected chi connectivity index (χ2v) is 13.5. The molecule has 46 heavy (non-hydrogen) atoms. The zero-order valence-electron chi connectivity index (χ0n) is 27.5. The molecular weight excluding hydrogens is 584 g/mol. The Bertz CT molecular complexity index is 1550. The lowest BCUT2D eigenvalue weighted by atomic mass is 9.81. The fraction of sp³-hybridized carbons (Fsp3) is 0.500. The number of alkyl carbamates (subject to hydrolysis) is 1. The average Bonchev–Trinajstić information content (AvgIpc) is 3.67. The lowest BCUT2D eigenvalue weighted by Crippen LogP contribution is -2.50. The summed E-state index contributed by atoms with van der Waals surface area (Å²) in [5.41, 5.74) is 2.29. The number of esters is 1. The van der Waals surface area contributed by atoms with Crippen molar-refractivity contribution in [2.45, 2.75) is 77.4 Å². The Morgan fingerprint density at radius 1 is 0.978 bits per heavy atom. The van der Waals surface area contributed by atoms with E-state index in [1.165, 1.54) is 0 Å². The highest BCUT2D eigenvalue weighted by atomic mass is 16.6. The van der Waals surface area contributed by atoms with E-state index in [2.05, 4.69) is 10.3 Å². The number of nitrogens with zero attached hydrogens (tertiary/aromatic N) is 2. The van der Waals surface area contributed by atoms with Crippen molar-refractivity contribution in [1.82, 2.24) is 15.2 Å². The predicted molar refractivity (Wildman–Crippen MR) is 177 cm³/mol. The van der Waals surface area contributed by atoms with Crippen LogP contribution in [-0.2, 0) is 19.1 Å². The molecule has 2 fully saturated rings. The minimum Gasteiger partial charge on any atom is -0.461 e. The Hall–Kier alpha value is -4.34. The molecule has 3 amide bonds. The van der Waals surface area contributed by atoms with E-state index in [0.717, 1.165) is 42.1 Å². The van der Waals surface area contributed by atoms with Crippen LogP contribution in [-0.4, -0.2) is 72.1 Å². The minimum atomic E-state index is -0.636. The molecule has 246 valence electrons. The van der Waals surface area contributed by atoms with Crippen molar-refractivity contribution in [3.63, 3.8) is 0 Å². The summed E-state index contributed by atoms with van der Waals surface area (Å²) in [5, 5.41) is 3.66. The molecule has 2 heterocycles. The van der Waals surface area contributed by atoms with Gasteiger partial charge in [-0.05, 0) is 95.5 Å². The standard InChI is InChI=1S/C36H46N4O6/c1-6-45-34(43)30-21-26-20-27(16-17-29(26)38-30)39(5)33(42)31-28(24-10-8-7-9-11-24)18-19-40(31)32(41)25-14-12-23(13-15-25)22-37-35(44)46-36(2,3)4/h7-11,16-17,20-21,23,25,28,31,38H,6,12-15,18-19,22H2,1-5H3,(H,37,44). The molecule has 0 spiro atoms. The maximum atomic E-state index is 14.4. The Labute approximate surface area is 270 Å². The van der Waals surface area contributed by atoms with Gasteiger partial charge in [0.05, 0.1) is 6.61 Å². The molecule has 1 aromatic heterocycles. The molecule has 1 saturated heterocycles. The molecular formula is C36H46N4O6. The Morgan fingerprint density at radius 2 is 1.70 bits per heavy atom. The first-order valence-electron chi connectivity index (χ1n) is 16.3. The summed E-state index contributed by atoms with van der Waals surface area (Å²) in [6.07, 6.45) is 3.37. The second kappa shape index (κ2) is 14.0. The van der Waals surface area contributed by atoms with E-state index in [9.17, 15) is 19.2 Å². The number of fused-ring (bicyclic) bond motifs is 1. The van der Waals surface area contributed by atoms with Crippen LogP contribution in [0.25, 0.3) is 10.9 Å². The van der Waals surface area contributed by atoms with Gasteiger partial charge in [0, 0.05) is 48.6 Å². The van der Waals surface area contributed by atoms with Crippen molar-refractivity contribution >= 4 is 40.5 Å². The molecule has 0 radical (unpaired) electrons. The molecule has 2 atom stereocenters. The smallest absolute Gasteiger partial charge is 0.407 e. The molecule has 10 heteroatoms. The van der Waals surface area contributed by atoms with E-state index >= 15 is 0 Å². The van der Waals surface area contributed by atoms with Gasteiger partial charge in [0.25, 0.3) is 0 Å². The molecule has 1 saturated carbocycles. The zero-order valence-corrected chi connectivity index (χ0v) is 27.5. The van der Waals surface area contributed by atoms with Crippen LogP contribution in [0.1, 0.15) is 81.8 Å². The monoisotopic (exact) mass is 630 g/mol. The van der Waals surface area contributed by atoms with E-state index in [1.807, 2.05) is 74.2 Å². The highest BCUT2D eigenvalue weighted by Crippen LogP contribution is 2.39. The quantitative estimate of drug-likeness (QED) is 0.294. The summed E-state index contributed by atoms with van der Waals surface area (Å²) in [7, 11) is 1.74. The number of benzene rings is 2. The van der Waals surface area contributed by atoms with Crippen LogP contribution >= 0.6 is 0 Å². The molecule has 1 aliphatic carbocycles. The maximum absolute atomic E-state index is 14.4. The van der Waals surface area contributed by atoms with Crippen molar-refractivity contribution in [1.29, 1.82) is 0 Å². The van der Waals surface area contributed by atoms with Gasteiger partial charge in [-0.25, -0.2) is 9.59 Å². The van der Waals surface area contributed by atoms with Crippen LogP contribution in [0.3, 0.4) is 0 Å². The Balaban J connectivity index is 1.30. The summed E-state index contributed by atoms with van der Waals surface area (Å²) in [5.74, 6) is -0.544. The number of aromatic nitrogens is 1. The van der Waals surface area contributed by atoms with Gasteiger partial charge < -0.3 is 29.6 Å². The first-order chi connectivity index (χ1) is 21.9. The van der Waals surface area contributed by atoms with Gasteiger partial charge in [0.1, 0.15) is 17.3 Å². The predicted octanol–water partition coefficient (Wildman–Crippen LogP) is 6.02. The molecule has 2 unspecified atom stereocenters. The number of hydrogen-bond donors (Lipinski definition) is 2. The highest BCUT2D eigenvalue weighted by Gasteiger charge is 2.45.